The first-order chi connectivity index (χ1) is 7.27. The second-order valence-corrected chi connectivity index (χ2v) is 4.10. The highest BCUT2D eigenvalue weighted by Crippen LogP contribution is 2.37. The topological polar surface area (TPSA) is 35.2 Å². The van der Waals surface area contributed by atoms with Gasteiger partial charge in [-0.25, -0.2) is 13.2 Å². The molecule has 0 saturated heterocycles. The Hall–Kier alpha value is -1.23. The Balaban J connectivity index is 3.49. The van der Waals surface area contributed by atoms with Gasteiger partial charge < -0.3 is 10.5 Å². The van der Waals surface area contributed by atoms with E-state index in [-0.39, 0.29) is 11.3 Å². The number of nitrogens with two attached hydrogens (primary N) is 1. The van der Waals surface area contributed by atoms with Crippen molar-refractivity contribution < 1.29 is 17.9 Å². The van der Waals surface area contributed by atoms with Gasteiger partial charge in [0, 0.05) is 11.1 Å². The van der Waals surface area contributed by atoms with E-state index in [4.69, 9.17) is 10.5 Å². The summed E-state index contributed by atoms with van der Waals surface area (Å²) in [7, 11) is 1.26. The minimum atomic E-state index is -2.80. The Labute approximate surface area is 92.2 Å². The quantitative estimate of drug-likeness (QED) is 0.871. The van der Waals surface area contributed by atoms with E-state index < -0.39 is 23.3 Å². The number of ether oxygens (including phenoxy) is 1. The molecule has 0 bridgehead atoms. The summed E-state index contributed by atoms with van der Waals surface area (Å²) in [5, 5.41) is 0. The second-order valence-electron chi connectivity index (χ2n) is 4.10. The van der Waals surface area contributed by atoms with E-state index in [1.165, 1.54) is 7.11 Å². The molecule has 2 N–H and O–H groups in total. The van der Waals surface area contributed by atoms with Crippen LogP contribution in [-0.2, 0) is 5.54 Å². The zero-order valence-electron chi connectivity index (χ0n) is 9.35. The van der Waals surface area contributed by atoms with Crippen LogP contribution in [-0.4, -0.2) is 7.11 Å². The van der Waals surface area contributed by atoms with Crippen LogP contribution < -0.4 is 10.5 Å². The van der Waals surface area contributed by atoms with E-state index in [9.17, 15) is 13.2 Å². The molecule has 1 rings (SSSR count). The lowest BCUT2D eigenvalue weighted by Crippen LogP contribution is -2.29. The Morgan fingerprint density at radius 3 is 2.25 bits per heavy atom. The smallest absolute Gasteiger partial charge is 0.267 e. The predicted molar refractivity (Wildman–Crippen MR) is 55.1 cm³/mol. The van der Waals surface area contributed by atoms with Crippen molar-refractivity contribution in [2.24, 2.45) is 5.73 Å². The minimum Gasteiger partial charge on any atom is -0.496 e. The van der Waals surface area contributed by atoms with Gasteiger partial charge in [0.05, 0.1) is 12.7 Å². The van der Waals surface area contributed by atoms with Gasteiger partial charge in [0.1, 0.15) is 11.6 Å². The van der Waals surface area contributed by atoms with Crippen LogP contribution >= 0.6 is 0 Å². The van der Waals surface area contributed by atoms with Crippen LogP contribution in [0, 0.1) is 5.82 Å². The molecule has 0 aliphatic heterocycles. The lowest BCUT2D eigenvalue weighted by atomic mass is 9.92. The molecule has 0 fully saturated rings. The maximum Gasteiger partial charge on any atom is 0.267 e. The fourth-order valence-corrected chi connectivity index (χ4v) is 1.48. The van der Waals surface area contributed by atoms with Gasteiger partial charge in [0.25, 0.3) is 6.43 Å². The standard InChI is InChI=1S/C11H14F3NO/c1-11(2,15)8-5-6(12)4-7(10(13)14)9(8)16-3/h4-5,10H,15H2,1-3H3. The normalized spacial score (nSPS) is 12.0. The first kappa shape index (κ1) is 12.8. The van der Waals surface area contributed by atoms with E-state index >= 15 is 0 Å². The molecule has 1 aromatic rings. The SMILES string of the molecule is COc1c(C(F)F)cc(F)cc1C(C)(C)N. The summed E-state index contributed by atoms with van der Waals surface area (Å²) < 4.78 is 43.4. The molecule has 2 nitrogen and oxygen atoms in total. The van der Waals surface area contributed by atoms with Crippen molar-refractivity contribution in [2.75, 3.05) is 7.11 Å². The van der Waals surface area contributed by atoms with Crippen molar-refractivity contribution >= 4 is 0 Å². The lowest BCUT2D eigenvalue weighted by molar-refractivity contribution is 0.146. The summed E-state index contributed by atoms with van der Waals surface area (Å²) in [4.78, 5) is 0. The van der Waals surface area contributed by atoms with E-state index in [2.05, 4.69) is 0 Å². The molecule has 16 heavy (non-hydrogen) atoms. The second kappa shape index (κ2) is 4.33. The van der Waals surface area contributed by atoms with Crippen LogP contribution in [0.25, 0.3) is 0 Å². The fraction of sp³-hybridized carbons (Fsp3) is 0.455. The third kappa shape index (κ3) is 2.47. The number of benzene rings is 1. The van der Waals surface area contributed by atoms with Gasteiger partial charge >= 0.3 is 0 Å². The number of hydrogen-bond acceptors (Lipinski definition) is 2. The summed E-state index contributed by atoms with van der Waals surface area (Å²) in [5.41, 5.74) is 4.58. The van der Waals surface area contributed by atoms with Crippen molar-refractivity contribution in [1.82, 2.24) is 0 Å². The first-order valence-corrected chi connectivity index (χ1v) is 4.72. The molecule has 90 valence electrons. The Morgan fingerprint density at radius 1 is 1.31 bits per heavy atom. The monoisotopic (exact) mass is 233 g/mol. The predicted octanol–water partition coefficient (Wildman–Crippen LogP) is 2.97. The number of methoxy groups -OCH3 is 1. The molecule has 1 aromatic carbocycles. The van der Waals surface area contributed by atoms with E-state index in [0.29, 0.717) is 0 Å². The average molecular weight is 233 g/mol. The van der Waals surface area contributed by atoms with Crippen molar-refractivity contribution in [3.05, 3.63) is 29.1 Å². The molecular weight excluding hydrogens is 219 g/mol. The van der Waals surface area contributed by atoms with Gasteiger partial charge in [-0.3, -0.25) is 0 Å². The Morgan fingerprint density at radius 2 is 1.88 bits per heavy atom. The zero-order chi connectivity index (χ0) is 12.5. The molecule has 0 amide bonds. The number of hydrogen-bond donors (Lipinski definition) is 1. The van der Waals surface area contributed by atoms with Crippen LogP contribution in [0.15, 0.2) is 12.1 Å². The molecule has 0 aliphatic carbocycles. The summed E-state index contributed by atoms with van der Waals surface area (Å²) in [6.07, 6.45) is -2.80. The van der Waals surface area contributed by atoms with Gasteiger partial charge in [-0.15, -0.1) is 0 Å². The molecule has 5 heteroatoms. The maximum atomic E-state index is 13.2. The van der Waals surface area contributed by atoms with Crippen LogP contribution in [0.3, 0.4) is 0 Å². The summed E-state index contributed by atoms with van der Waals surface area (Å²) in [6, 6.07) is 1.88. The zero-order valence-corrected chi connectivity index (χ0v) is 9.35. The van der Waals surface area contributed by atoms with E-state index in [0.717, 1.165) is 12.1 Å². The molecule has 0 aromatic heterocycles. The summed E-state index contributed by atoms with van der Waals surface area (Å²) in [5.74, 6) is -0.798. The number of rotatable bonds is 3. The molecule has 0 radical (unpaired) electrons. The number of halogens is 3. The highest BCUT2D eigenvalue weighted by atomic mass is 19.3. The summed E-state index contributed by atoms with van der Waals surface area (Å²) >= 11 is 0. The van der Waals surface area contributed by atoms with Crippen molar-refractivity contribution in [2.45, 2.75) is 25.8 Å². The first-order valence-electron chi connectivity index (χ1n) is 4.72. The third-order valence-corrected chi connectivity index (χ3v) is 2.22. The van der Waals surface area contributed by atoms with Crippen LogP contribution in [0.2, 0.25) is 0 Å². The van der Waals surface area contributed by atoms with Crippen LogP contribution in [0.5, 0.6) is 5.75 Å². The van der Waals surface area contributed by atoms with Gasteiger partial charge in [0.15, 0.2) is 0 Å². The highest BCUT2D eigenvalue weighted by molar-refractivity contribution is 5.46. The highest BCUT2D eigenvalue weighted by Gasteiger charge is 2.26. The minimum absolute atomic E-state index is 0.0519. The fourth-order valence-electron chi connectivity index (χ4n) is 1.48. The van der Waals surface area contributed by atoms with Gasteiger partial charge in [-0.05, 0) is 26.0 Å². The molecule has 0 aliphatic rings. The molecule has 0 unspecified atom stereocenters. The average Bonchev–Trinajstić information content (AvgIpc) is 2.14. The molecule has 0 saturated carbocycles. The summed E-state index contributed by atoms with van der Waals surface area (Å²) in [6.45, 7) is 3.19. The van der Waals surface area contributed by atoms with Crippen molar-refractivity contribution in [3.63, 3.8) is 0 Å². The third-order valence-electron chi connectivity index (χ3n) is 2.22. The Kier molecular flexibility index (Phi) is 3.48. The van der Waals surface area contributed by atoms with Crippen molar-refractivity contribution in [3.8, 4) is 5.75 Å². The molecule has 0 atom stereocenters. The van der Waals surface area contributed by atoms with Gasteiger partial charge in [0.2, 0.25) is 0 Å². The Bertz CT molecular complexity index is 386. The molecule has 0 heterocycles. The lowest BCUT2D eigenvalue weighted by Gasteiger charge is -2.23. The van der Waals surface area contributed by atoms with Gasteiger partial charge in [-0.1, -0.05) is 0 Å². The van der Waals surface area contributed by atoms with Crippen LogP contribution in [0.1, 0.15) is 31.4 Å². The molecule has 0 spiro atoms. The largest absolute Gasteiger partial charge is 0.496 e. The van der Waals surface area contributed by atoms with E-state index in [1.807, 2.05) is 0 Å². The van der Waals surface area contributed by atoms with Gasteiger partial charge in [-0.2, -0.15) is 0 Å². The molecular formula is C11H14F3NO. The maximum absolute atomic E-state index is 13.2. The van der Waals surface area contributed by atoms with Crippen molar-refractivity contribution in [1.29, 1.82) is 0 Å². The van der Waals surface area contributed by atoms with Crippen LogP contribution in [0.4, 0.5) is 13.2 Å². The number of alkyl halides is 2. The van der Waals surface area contributed by atoms with E-state index in [1.54, 1.807) is 13.8 Å².